The average Bonchev–Trinajstić information content (AvgIpc) is 2.94. The molecule has 6 nitrogen and oxygen atoms in total. The number of imide groups is 1. The van der Waals surface area contributed by atoms with Gasteiger partial charge >= 0.3 is 0 Å². The van der Waals surface area contributed by atoms with Crippen LogP contribution in [0.3, 0.4) is 0 Å². The van der Waals surface area contributed by atoms with E-state index in [1.54, 1.807) is 20.8 Å². The highest BCUT2D eigenvalue weighted by molar-refractivity contribution is 6.67. The van der Waals surface area contributed by atoms with Gasteiger partial charge in [-0.3, -0.25) is 19.3 Å². The van der Waals surface area contributed by atoms with Gasteiger partial charge in [0, 0.05) is 18.4 Å². The van der Waals surface area contributed by atoms with E-state index in [4.69, 9.17) is 62.7 Å². The Labute approximate surface area is 196 Å². The molecule has 0 fully saturated rings. The molecule has 0 aromatic heterocycles. The Kier molecular flexibility index (Phi) is 10.4. The molecule has 1 rings (SSSR count). The average molecular weight is 511 g/mol. The minimum Gasteiger partial charge on any atom is -0.499 e. The van der Waals surface area contributed by atoms with Gasteiger partial charge in [0.15, 0.2) is 3.79 Å². The number of nitrogens with zero attached hydrogens (tertiary/aromatic N) is 1. The number of nitrogens with one attached hydrogen (secondary N) is 1. The molecule has 0 aromatic carbocycles. The molecule has 1 aliphatic rings. The second kappa shape index (κ2) is 11.3. The molecule has 0 radical (unpaired) electrons. The third-order valence-corrected chi connectivity index (χ3v) is 6.72. The van der Waals surface area contributed by atoms with Gasteiger partial charge in [-0.05, 0) is 18.8 Å². The van der Waals surface area contributed by atoms with Crippen molar-refractivity contribution in [2.24, 2.45) is 11.8 Å². The molecule has 166 valence electrons. The Morgan fingerprint density at radius 2 is 1.86 bits per heavy atom. The normalized spacial score (nSPS) is 20.3. The first-order valence-electron chi connectivity index (χ1n) is 9.10. The molecule has 0 saturated carbocycles. The quantitative estimate of drug-likeness (QED) is 0.467. The number of carbonyl (C=O) groups is 3. The smallest absolute Gasteiger partial charge is 0.257 e. The standard InChI is InChI=1S/C18H25Cl5N2O4/c1-5-14(26)24-11(7-10(3)18(21,22)23)17(28)25-12(6-9(2)16(19)20)13(29-4)8-15(25)27/h8-12,16H,5-7H2,1-4H3,(H,24,26). The zero-order valence-electron chi connectivity index (χ0n) is 16.6. The lowest BCUT2D eigenvalue weighted by molar-refractivity contribution is -0.146. The van der Waals surface area contributed by atoms with Gasteiger partial charge in [0.1, 0.15) is 16.6 Å². The van der Waals surface area contributed by atoms with Gasteiger partial charge in [-0.2, -0.15) is 0 Å². The van der Waals surface area contributed by atoms with Gasteiger partial charge in [0.2, 0.25) is 5.91 Å². The van der Waals surface area contributed by atoms with E-state index in [9.17, 15) is 14.4 Å². The molecule has 4 atom stereocenters. The first kappa shape index (κ1) is 26.6. The molecule has 3 amide bonds. The molecule has 4 unspecified atom stereocenters. The van der Waals surface area contributed by atoms with Gasteiger partial charge in [0.05, 0.1) is 13.2 Å². The predicted molar refractivity (Wildman–Crippen MR) is 116 cm³/mol. The monoisotopic (exact) mass is 508 g/mol. The fourth-order valence-electron chi connectivity index (χ4n) is 2.87. The van der Waals surface area contributed by atoms with E-state index in [2.05, 4.69) is 5.32 Å². The lowest BCUT2D eigenvalue weighted by Crippen LogP contribution is -2.53. The second-order valence-corrected chi connectivity index (χ2v) is 10.5. The highest BCUT2D eigenvalue weighted by Gasteiger charge is 2.43. The minimum absolute atomic E-state index is 0.0308. The van der Waals surface area contributed by atoms with Gasteiger partial charge in [-0.1, -0.05) is 55.6 Å². The summed E-state index contributed by atoms with van der Waals surface area (Å²) in [6.07, 6.45) is 1.72. The fraction of sp³-hybridized carbons (Fsp3) is 0.722. The zero-order valence-corrected chi connectivity index (χ0v) is 20.3. The third-order valence-electron chi connectivity index (χ3n) is 4.74. The van der Waals surface area contributed by atoms with Crippen molar-refractivity contribution in [1.82, 2.24) is 10.2 Å². The summed E-state index contributed by atoms with van der Waals surface area (Å²) in [6.45, 7) is 5.08. The largest absolute Gasteiger partial charge is 0.499 e. The topological polar surface area (TPSA) is 75.7 Å². The number of halogens is 5. The number of carbonyl (C=O) groups excluding carboxylic acids is 3. The summed E-state index contributed by atoms with van der Waals surface area (Å²) in [5.41, 5.74) is 0. The number of ether oxygens (including phenoxy) is 1. The van der Waals surface area contributed by atoms with Crippen LogP contribution >= 0.6 is 58.0 Å². The van der Waals surface area contributed by atoms with Crippen LogP contribution in [0.25, 0.3) is 0 Å². The number of hydrogen-bond donors (Lipinski definition) is 1. The molecule has 0 aliphatic carbocycles. The Morgan fingerprint density at radius 3 is 2.31 bits per heavy atom. The van der Waals surface area contributed by atoms with E-state index in [0.717, 1.165) is 4.90 Å². The van der Waals surface area contributed by atoms with Crippen molar-refractivity contribution < 1.29 is 19.1 Å². The van der Waals surface area contributed by atoms with E-state index in [-0.39, 0.29) is 24.7 Å². The van der Waals surface area contributed by atoms with Crippen molar-refractivity contribution in [2.45, 2.75) is 60.7 Å². The minimum atomic E-state index is -1.64. The van der Waals surface area contributed by atoms with Crippen LogP contribution in [0.1, 0.15) is 40.0 Å². The summed E-state index contributed by atoms with van der Waals surface area (Å²) in [6, 6.07) is -1.75. The molecule has 29 heavy (non-hydrogen) atoms. The Balaban J connectivity index is 3.18. The lowest BCUT2D eigenvalue weighted by Gasteiger charge is -2.32. The summed E-state index contributed by atoms with van der Waals surface area (Å²) < 4.78 is 3.64. The molecule has 1 N–H and O–H groups in total. The first-order chi connectivity index (χ1) is 13.3. The van der Waals surface area contributed by atoms with Gasteiger partial charge in [-0.25, -0.2) is 0 Å². The van der Waals surface area contributed by atoms with Crippen LogP contribution < -0.4 is 5.32 Å². The zero-order chi connectivity index (χ0) is 22.5. The molecular weight excluding hydrogens is 485 g/mol. The predicted octanol–water partition coefficient (Wildman–Crippen LogP) is 4.38. The van der Waals surface area contributed by atoms with Crippen LogP contribution in [0.5, 0.6) is 0 Å². The van der Waals surface area contributed by atoms with Crippen molar-refractivity contribution in [1.29, 1.82) is 0 Å². The van der Waals surface area contributed by atoms with Crippen LogP contribution in [-0.2, 0) is 19.1 Å². The second-order valence-electron chi connectivity index (χ2n) is 7.01. The van der Waals surface area contributed by atoms with Crippen LogP contribution in [0.2, 0.25) is 0 Å². The maximum atomic E-state index is 13.3. The summed E-state index contributed by atoms with van der Waals surface area (Å²) in [7, 11) is 1.41. The van der Waals surface area contributed by atoms with Crippen LogP contribution in [-0.4, -0.2) is 50.4 Å². The Hall–Kier alpha value is -0.400. The van der Waals surface area contributed by atoms with Crippen molar-refractivity contribution >= 4 is 75.7 Å². The van der Waals surface area contributed by atoms with Gasteiger partial charge in [0.25, 0.3) is 11.8 Å². The molecule has 11 heteroatoms. The van der Waals surface area contributed by atoms with Crippen molar-refractivity contribution in [3.8, 4) is 0 Å². The maximum absolute atomic E-state index is 13.3. The molecular formula is C18H25Cl5N2O4. The number of methoxy groups -OCH3 is 1. The van der Waals surface area contributed by atoms with E-state index in [1.807, 2.05) is 0 Å². The summed E-state index contributed by atoms with van der Waals surface area (Å²) in [5, 5.41) is 2.62. The van der Waals surface area contributed by atoms with Crippen molar-refractivity contribution in [2.75, 3.05) is 7.11 Å². The Bertz CT molecular complexity index is 651. The van der Waals surface area contributed by atoms with Crippen LogP contribution in [0.15, 0.2) is 11.8 Å². The highest BCUT2D eigenvalue weighted by Crippen LogP contribution is 2.38. The summed E-state index contributed by atoms with van der Waals surface area (Å²) in [5.74, 6) is -2.01. The first-order valence-corrected chi connectivity index (χ1v) is 11.1. The summed E-state index contributed by atoms with van der Waals surface area (Å²) in [4.78, 5) is 38.2. The van der Waals surface area contributed by atoms with Gasteiger partial charge in [-0.15, -0.1) is 23.2 Å². The van der Waals surface area contributed by atoms with Crippen molar-refractivity contribution in [3.63, 3.8) is 0 Å². The van der Waals surface area contributed by atoms with Crippen LogP contribution in [0, 0.1) is 11.8 Å². The van der Waals surface area contributed by atoms with Crippen molar-refractivity contribution in [3.05, 3.63) is 11.8 Å². The van der Waals surface area contributed by atoms with Gasteiger partial charge < -0.3 is 10.1 Å². The number of rotatable bonds is 9. The summed E-state index contributed by atoms with van der Waals surface area (Å²) >= 11 is 29.7. The Morgan fingerprint density at radius 1 is 1.28 bits per heavy atom. The molecule has 0 aromatic rings. The molecule has 0 saturated heterocycles. The molecule has 0 bridgehead atoms. The molecule has 0 spiro atoms. The van der Waals surface area contributed by atoms with E-state index in [1.165, 1.54) is 13.2 Å². The number of alkyl halides is 5. The third kappa shape index (κ3) is 7.35. The van der Waals surface area contributed by atoms with E-state index < -0.39 is 38.4 Å². The SMILES string of the molecule is CCC(=O)NC(CC(C)C(Cl)(Cl)Cl)C(=O)N1C(=O)C=C(OC)C1CC(C)C(Cl)Cl. The fourth-order valence-corrected chi connectivity index (χ4v) is 3.35. The van der Waals surface area contributed by atoms with E-state index in [0.29, 0.717) is 12.2 Å². The highest BCUT2D eigenvalue weighted by atomic mass is 35.6. The number of hydrogen-bond acceptors (Lipinski definition) is 4. The lowest BCUT2D eigenvalue weighted by atomic mass is 9.98. The van der Waals surface area contributed by atoms with Crippen LogP contribution in [0.4, 0.5) is 0 Å². The maximum Gasteiger partial charge on any atom is 0.257 e. The number of amides is 3. The van der Waals surface area contributed by atoms with E-state index >= 15 is 0 Å². The molecule has 1 aliphatic heterocycles. The molecule has 1 heterocycles.